The highest BCUT2D eigenvalue weighted by molar-refractivity contribution is 7.94. The zero-order chi connectivity index (χ0) is 13.0. The topological polar surface area (TPSA) is 63.2 Å². The number of sulfone groups is 1. The second kappa shape index (κ2) is 3.32. The van der Waals surface area contributed by atoms with Crippen molar-refractivity contribution in [2.45, 2.75) is 37.3 Å². The van der Waals surface area contributed by atoms with E-state index in [4.69, 9.17) is 0 Å². The predicted octanol–water partition coefficient (Wildman–Crippen LogP) is 1.81. The fourth-order valence-corrected chi connectivity index (χ4v) is 3.40. The van der Waals surface area contributed by atoms with E-state index in [-0.39, 0.29) is 4.90 Å². The van der Waals surface area contributed by atoms with Crippen molar-refractivity contribution in [3.63, 3.8) is 0 Å². The van der Waals surface area contributed by atoms with Gasteiger partial charge in [-0.1, -0.05) is 6.07 Å². The lowest BCUT2D eigenvalue weighted by Crippen LogP contribution is -2.48. The summed E-state index contributed by atoms with van der Waals surface area (Å²) in [6.07, 6.45) is 0. The van der Waals surface area contributed by atoms with Crippen LogP contribution in [0, 0.1) is 13.8 Å². The van der Waals surface area contributed by atoms with Crippen LogP contribution < -0.4 is 5.32 Å². The molecule has 0 bridgehead atoms. The van der Waals surface area contributed by atoms with Gasteiger partial charge in [0.2, 0.25) is 5.91 Å². The number of fused-ring (bicyclic) bond motifs is 1. The first kappa shape index (κ1) is 12.1. The molecule has 1 N–H and O–H groups in total. The Hall–Kier alpha value is -1.36. The van der Waals surface area contributed by atoms with Gasteiger partial charge in [-0.3, -0.25) is 4.79 Å². The number of aryl methyl sites for hydroxylation is 1. The van der Waals surface area contributed by atoms with Gasteiger partial charge in [0.1, 0.15) is 4.75 Å². The SMILES string of the molecule is Cc1ccc2c(c1C)NC(=O)C(C)(C)S2(=O)=O. The molecule has 5 heteroatoms. The van der Waals surface area contributed by atoms with Crippen molar-refractivity contribution in [3.8, 4) is 0 Å². The first-order chi connectivity index (χ1) is 7.69. The molecular formula is C12H15NO3S. The standard InChI is InChI=1S/C12H15NO3S/c1-7-5-6-9-10(8(7)2)13-11(14)12(3,4)17(9,15)16/h5-6H,1-4H3,(H,13,14). The number of benzene rings is 1. The average molecular weight is 253 g/mol. The van der Waals surface area contributed by atoms with Crippen molar-refractivity contribution in [2.75, 3.05) is 5.32 Å². The monoisotopic (exact) mass is 253 g/mol. The number of rotatable bonds is 0. The molecule has 0 spiro atoms. The van der Waals surface area contributed by atoms with Gasteiger partial charge in [-0.2, -0.15) is 0 Å². The molecule has 4 nitrogen and oxygen atoms in total. The van der Waals surface area contributed by atoms with Gasteiger partial charge in [0.05, 0.1) is 10.6 Å². The maximum absolute atomic E-state index is 12.3. The van der Waals surface area contributed by atoms with Crippen LogP contribution in [-0.2, 0) is 14.6 Å². The fraction of sp³-hybridized carbons (Fsp3) is 0.417. The van der Waals surface area contributed by atoms with Crippen LogP contribution in [0.5, 0.6) is 0 Å². The number of hydrogen-bond donors (Lipinski definition) is 1. The van der Waals surface area contributed by atoms with Crippen LogP contribution in [0.25, 0.3) is 0 Å². The maximum atomic E-state index is 12.3. The molecular weight excluding hydrogens is 238 g/mol. The summed E-state index contributed by atoms with van der Waals surface area (Å²) < 4.78 is 23.3. The molecule has 0 unspecified atom stereocenters. The van der Waals surface area contributed by atoms with Crippen molar-refractivity contribution in [1.82, 2.24) is 0 Å². The number of nitrogens with one attached hydrogen (secondary N) is 1. The lowest BCUT2D eigenvalue weighted by atomic mass is 10.1. The Bertz CT molecular complexity index is 615. The summed E-state index contributed by atoms with van der Waals surface area (Å²) in [6, 6.07) is 3.33. The van der Waals surface area contributed by atoms with Gasteiger partial charge in [-0.25, -0.2) is 8.42 Å². The maximum Gasteiger partial charge on any atom is 0.245 e. The van der Waals surface area contributed by atoms with Gasteiger partial charge in [0.15, 0.2) is 9.84 Å². The Balaban J connectivity index is 2.85. The zero-order valence-electron chi connectivity index (χ0n) is 10.3. The molecule has 0 radical (unpaired) electrons. The molecule has 1 heterocycles. The van der Waals surface area contributed by atoms with Gasteiger partial charge in [0.25, 0.3) is 0 Å². The minimum absolute atomic E-state index is 0.213. The minimum Gasteiger partial charge on any atom is -0.323 e. The smallest absolute Gasteiger partial charge is 0.245 e. The van der Waals surface area contributed by atoms with E-state index in [0.717, 1.165) is 11.1 Å². The lowest BCUT2D eigenvalue weighted by molar-refractivity contribution is -0.118. The molecule has 1 aromatic carbocycles. The van der Waals surface area contributed by atoms with E-state index in [9.17, 15) is 13.2 Å². The summed E-state index contributed by atoms with van der Waals surface area (Å²) in [4.78, 5) is 12.1. The van der Waals surface area contributed by atoms with Crippen LogP contribution in [0.2, 0.25) is 0 Å². The third-order valence-electron chi connectivity index (χ3n) is 3.44. The van der Waals surface area contributed by atoms with E-state index < -0.39 is 20.5 Å². The summed E-state index contributed by atoms with van der Waals surface area (Å²) in [5.41, 5.74) is 2.18. The summed E-state index contributed by atoms with van der Waals surface area (Å²) in [6.45, 7) is 6.54. The van der Waals surface area contributed by atoms with Gasteiger partial charge >= 0.3 is 0 Å². The highest BCUT2D eigenvalue weighted by atomic mass is 32.2. The molecule has 0 saturated carbocycles. The van der Waals surface area contributed by atoms with Crippen LogP contribution in [0.15, 0.2) is 17.0 Å². The van der Waals surface area contributed by atoms with Crippen molar-refractivity contribution in [1.29, 1.82) is 0 Å². The van der Waals surface area contributed by atoms with Crippen LogP contribution >= 0.6 is 0 Å². The highest BCUT2D eigenvalue weighted by Gasteiger charge is 2.47. The van der Waals surface area contributed by atoms with Crippen LogP contribution in [0.1, 0.15) is 25.0 Å². The lowest BCUT2D eigenvalue weighted by Gasteiger charge is -2.31. The van der Waals surface area contributed by atoms with E-state index in [2.05, 4.69) is 5.32 Å². The van der Waals surface area contributed by atoms with Crippen molar-refractivity contribution in [3.05, 3.63) is 23.3 Å². The molecule has 1 aromatic rings. The summed E-state index contributed by atoms with van der Waals surface area (Å²) in [5, 5.41) is 2.70. The number of carbonyl (C=O) groups is 1. The Kier molecular flexibility index (Phi) is 2.36. The second-order valence-electron chi connectivity index (χ2n) is 4.85. The molecule has 0 fully saturated rings. The van der Waals surface area contributed by atoms with Crippen molar-refractivity contribution < 1.29 is 13.2 Å². The number of hydrogen-bond acceptors (Lipinski definition) is 3. The Morgan fingerprint density at radius 1 is 1.18 bits per heavy atom. The molecule has 1 amide bonds. The highest BCUT2D eigenvalue weighted by Crippen LogP contribution is 2.38. The van der Waals surface area contributed by atoms with Crippen molar-refractivity contribution in [2.24, 2.45) is 0 Å². The summed E-state index contributed by atoms with van der Waals surface area (Å²) in [7, 11) is -3.62. The minimum atomic E-state index is -3.62. The van der Waals surface area contributed by atoms with Gasteiger partial charge < -0.3 is 5.32 Å². The second-order valence-corrected chi connectivity index (χ2v) is 7.32. The van der Waals surface area contributed by atoms with E-state index in [1.165, 1.54) is 13.8 Å². The largest absolute Gasteiger partial charge is 0.323 e. The van der Waals surface area contributed by atoms with Crippen molar-refractivity contribution >= 4 is 21.4 Å². The van der Waals surface area contributed by atoms with E-state index in [0.29, 0.717) is 5.69 Å². The van der Waals surface area contributed by atoms with Crippen LogP contribution in [0.3, 0.4) is 0 Å². The molecule has 1 aliphatic heterocycles. The normalized spacial score (nSPS) is 20.6. The van der Waals surface area contributed by atoms with Gasteiger partial charge in [0, 0.05) is 0 Å². The quantitative estimate of drug-likeness (QED) is 0.767. The summed E-state index contributed by atoms with van der Waals surface area (Å²) >= 11 is 0. The van der Waals surface area contributed by atoms with E-state index in [1.54, 1.807) is 12.1 Å². The van der Waals surface area contributed by atoms with E-state index in [1.807, 2.05) is 13.8 Å². The summed E-state index contributed by atoms with van der Waals surface area (Å²) in [5.74, 6) is -0.473. The Labute approximate surface area is 101 Å². The Morgan fingerprint density at radius 2 is 1.76 bits per heavy atom. The molecule has 0 atom stereocenters. The van der Waals surface area contributed by atoms with E-state index >= 15 is 0 Å². The molecule has 0 aliphatic carbocycles. The third kappa shape index (κ3) is 1.42. The third-order valence-corrected chi connectivity index (χ3v) is 5.89. The first-order valence-corrected chi connectivity index (χ1v) is 6.84. The Morgan fingerprint density at radius 3 is 2.35 bits per heavy atom. The average Bonchev–Trinajstić information content (AvgIpc) is 2.22. The predicted molar refractivity (Wildman–Crippen MR) is 65.8 cm³/mol. The number of carbonyl (C=O) groups excluding carboxylic acids is 1. The zero-order valence-corrected chi connectivity index (χ0v) is 11.1. The van der Waals surface area contributed by atoms with Crippen LogP contribution in [0.4, 0.5) is 5.69 Å². The molecule has 92 valence electrons. The fourth-order valence-electron chi connectivity index (χ4n) is 1.83. The number of amides is 1. The first-order valence-electron chi connectivity index (χ1n) is 5.36. The molecule has 17 heavy (non-hydrogen) atoms. The molecule has 2 rings (SSSR count). The van der Waals surface area contributed by atoms with Gasteiger partial charge in [-0.05, 0) is 44.9 Å². The molecule has 1 aliphatic rings. The molecule has 0 saturated heterocycles. The number of anilines is 1. The molecule has 0 aromatic heterocycles. The van der Waals surface area contributed by atoms with Gasteiger partial charge in [-0.15, -0.1) is 0 Å². The van der Waals surface area contributed by atoms with Crippen LogP contribution in [-0.4, -0.2) is 19.1 Å².